The number of benzene rings is 1. The number of fused-ring (bicyclic) bond motifs is 1. The van der Waals surface area contributed by atoms with E-state index in [-0.39, 0.29) is 5.56 Å². The monoisotopic (exact) mass is 172 g/mol. The normalized spacial score (nSPS) is 10.5. The highest BCUT2D eigenvalue weighted by molar-refractivity contribution is 6.07. The lowest BCUT2D eigenvalue weighted by Crippen LogP contribution is -2.21. The molecule has 1 aromatic heterocycles. The quantitative estimate of drug-likeness (QED) is 0.528. The van der Waals surface area contributed by atoms with Gasteiger partial charge in [0.2, 0.25) is 13.5 Å². The molecule has 0 radical (unpaired) electrons. The van der Waals surface area contributed by atoms with E-state index in [0.29, 0.717) is 5.39 Å². The van der Waals surface area contributed by atoms with E-state index in [2.05, 4.69) is 4.98 Å². The summed E-state index contributed by atoms with van der Waals surface area (Å²) >= 11 is 0. The molecule has 0 aliphatic heterocycles. The highest BCUT2D eigenvalue weighted by Crippen LogP contribution is 2.05. The predicted molar refractivity (Wildman–Crippen MR) is 54.7 cm³/mol. The third-order valence-electron chi connectivity index (χ3n) is 2.21. The van der Waals surface area contributed by atoms with Gasteiger partial charge in [-0.15, -0.1) is 0 Å². The van der Waals surface area contributed by atoms with Gasteiger partial charge in [0.1, 0.15) is 0 Å². The number of rotatable bonds is 0. The largest absolute Gasteiger partial charge is 0.350 e. The molecule has 1 heterocycles. The highest BCUT2D eigenvalue weighted by atomic mass is 16.1. The van der Waals surface area contributed by atoms with Crippen LogP contribution in [0, 0.1) is 6.92 Å². The van der Waals surface area contributed by atoms with Crippen molar-refractivity contribution in [3.8, 4) is 0 Å². The lowest BCUT2D eigenvalue weighted by Gasteiger charge is -2.04. The third kappa shape index (κ3) is 1.14. The molecule has 0 aliphatic rings. The first kappa shape index (κ1) is 8.04. The van der Waals surface area contributed by atoms with Crippen LogP contribution in [0.5, 0.6) is 0 Å². The molecule has 0 N–H and O–H groups in total. The van der Waals surface area contributed by atoms with Crippen LogP contribution >= 0.6 is 0 Å². The maximum atomic E-state index is 11.7. The summed E-state index contributed by atoms with van der Waals surface area (Å²) in [7, 11) is 1.73. The molecule has 64 valence electrons. The summed E-state index contributed by atoms with van der Waals surface area (Å²) in [5.74, 6) is 0.740. The van der Waals surface area contributed by atoms with Gasteiger partial charge in [0, 0.05) is 0 Å². The van der Waals surface area contributed by atoms with E-state index in [9.17, 15) is 4.79 Å². The topological polar surface area (TPSA) is 34.9 Å². The fourth-order valence-corrected chi connectivity index (χ4v) is 1.33. The molecule has 13 heavy (non-hydrogen) atoms. The Labute approximate surface area is 76.5 Å². The summed E-state index contributed by atoms with van der Waals surface area (Å²) in [6.07, 6.45) is 0. The molecule has 0 atom stereocenters. The molecule has 0 aliphatic carbocycles. The first-order valence-corrected chi connectivity index (χ1v) is 4.12. The summed E-state index contributed by atoms with van der Waals surface area (Å²) in [6.45, 7) is 1.83. The molecule has 0 fully saturated rings. The highest BCUT2D eigenvalue weighted by Gasteiger charge is 2.02. The summed E-state index contributed by atoms with van der Waals surface area (Å²) in [5.41, 5.74) is 0.784. The second kappa shape index (κ2) is 2.73. The molecule has 2 aromatic rings. The lowest BCUT2D eigenvalue weighted by atomic mass is 10.2. The van der Waals surface area contributed by atoms with Crippen LogP contribution in [0.4, 0.5) is 0 Å². The fourth-order valence-electron chi connectivity index (χ4n) is 1.33. The van der Waals surface area contributed by atoms with E-state index in [4.69, 9.17) is 0 Å². The van der Waals surface area contributed by atoms with Crippen LogP contribution in [-0.2, 0) is 0 Å². The van der Waals surface area contributed by atoms with Gasteiger partial charge >= 0.3 is 0 Å². The van der Waals surface area contributed by atoms with Gasteiger partial charge in [0.15, 0.2) is 0 Å². The van der Waals surface area contributed by atoms with Crippen LogP contribution in [0.1, 0.15) is 5.82 Å². The minimum absolute atomic E-state index is 0.0168. The van der Waals surface area contributed by atoms with Gasteiger partial charge in [0.05, 0.1) is 16.7 Å². The average molecular weight is 172 g/mol. The van der Waals surface area contributed by atoms with Crippen molar-refractivity contribution in [2.75, 3.05) is 0 Å². The van der Waals surface area contributed by atoms with Crippen molar-refractivity contribution in [3.63, 3.8) is 0 Å². The van der Waals surface area contributed by atoms with E-state index in [1.54, 1.807) is 18.5 Å². The molecule has 2 rings (SSSR count). The maximum absolute atomic E-state index is 11.7. The first-order valence-electron chi connectivity index (χ1n) is 4.12. The number of nitrogens with zero attached hydrogens (tertiary/aromatic N) is 2. The SMILES string of the molecule is Bn1c(C)nc2ccccc2c1=O. The van der Waals surface area contributed by atoms with Crippen LogP contribution in [0.15, 0.2) is 29.1 Å². The molecule has 1 aromatic carbocycles. The standard InChI is InChI=1S/C9H9BN2O/c1-6-11-8-5-3-2-4-7(8)9(13)12(6)10/h2-5H,10H2,1H3. The molecule has 0 bridgehead atoms. The van der Waals surface area contributed by atoms with Crippen molar-refractivity contribution < 1.29 is 0 Å². The molecule has 0 saturated carbocycles. The zero-order valence-corrected chi connectivity index (χ0v) is 7.61. The third-order valence-corrected chi connectivity index (χ3v) is 2.21. The molecule has 0 spiro atoms. The van der Waals surface area contributed by atoms with Crippen molar-refractivity contribution in [2.24, 2.45) is 0 Å². The van der Waals surface area contributed by atoms with E-state index < -0.39 is 0 Å². The Morgan fingerprint density at radius 2 is 2.08 bits per heavy atom. The Bertz CT molecular complexity index is 518. The number of aromatic nitrogens is 2. The number of aryl methyl sites for hydroxylation is 1. The number of para-hydroxylation sites is 1. The van der Waals surface area contributed by atoms with Gasteiger partial charge in [-0.2, -0.15) is 0 Å². The molecule has 3 nitrogen and oxygen atoms in total. The predicted octanol–water partition coefficient (Wildman–Crippen LogP) is 0.101. The Hall–Kier alpha value is -1.58. The number of hydrogen-bond donors (Lipinski definition) is 0. The van der Waals surface area contributed by atoms with Crippen LogP contribution < -0.4 is 5.56 Å². The minimum Gasteiger partial charge on any atom is -0.350 e. The summed E-state index contributed by atoms with van der Waals surface area (Å²) in [5, 5.41) is 0.676. The molecule has 0 unspecified atom stereocenters. The van der Waals surface area contributed by atoms with Crippen LogP contribution in [0.25, 0.3) is 10.9 Å². The minimum atomic E-state index is 0.0168. The molecule has 0 saturated heterocycles. The van der Waals surface area contributed by atoms with Gasteiger partial charge in [0.25, 0.3) is 0 Å². The van der Waals surface area contributed by atoms with Gasteiger partial charge in [-0.1, -0.05) is 12.1 Å². The van der Waals surface area contributed by atoms with Gasteiger partial charge < -0.3 is 4.48 Å². The van der Waals surface area contributed by atoms with Gasteiger partial charge in [-0.25, -0.2) is 4.98 Å². The van der Waals surface area contributed by atoms with E-state index in [0.717, 1.165) is 11.3 Å². The second-order valence-corrected chi connectivity index (χ2v) is 3.04. The Balaban J connectivity index is 3.03. The Morgan fingerprint density at radius 3 is 2.85 bits per heavy atom. The van der Waals surface area contributed by atoms with E-state index in [1.165, 1.54) is 0 Å². The first-order chi connectivity index (χ1) is 6.20. The fraction of sp³-hybridized carbons (Fsp3) is 0.111. The lowest BCUT2D eigenvalue weighted by molar-refractivity contribution is 0.986. The molecule has 4 heteroatoms. The Kier molecular flexibility index (Phi) is 1.69. The smallest absolute Gasteiger partial charge is 0.248 e. The van der Waals surface area contributed by atoms with Crippen LogP contribution in [0.3, 0.4) is 0 Å². The zero-order chi connectivity index (χ0) is 9.42. The van der Waals surface area contributed by atoms with Crippen molar-refractivity contribution in [1.29, 1.82) is 0 Å². The van der Waals surface area contributed by atoms with E-state index in [1.807, 2.05) is 25.1 Å². The molecular formula is C9H9BN2O. The van der Waals surface area contributed by atoms with Gasteiger partial charge in [-0.05, 0) is 19.1 Å². The molecular weight excluding hydrogens is 163 g/mol. The number of hydrogen-bond acceptors (Lipinski definition) is 2. The summed E-state index contributed by atoms with van der Waals surface area (Å²) < 4.78 is 1.56. The summed E-state index contributed by atoms with van der Waals surface area (Å²) in [6, 6.07) is 7.38. The summed E-state index contributed by atoms with van der Waals surface area (Å²) in [4.78, 5) is 16.0. The average Bonchev–Trinajstić information content (AvgIpc) is 2.15. The van der Waals surface area contributed by atoms with Crippen molar-refractivity contribution >= 4 is 18.9 Å². The van der Waals surface area contributed by atoms with Crippen molar-refractivity contribution in [2.45, 2.75) is 6.92 Å². The molecule has 0 amide bonds. The van der Waals surface area contributed by atoms with Gasteiger partial charge in [-0.3, -0.25) is 4.79 Å². The maximum Gasteiger partial charge on any atom is 0.248 e. The Morgan fingerprint density at radius 1 is 1.38 bits per heavy atom. The van der Waals surface area contributed by atoms with Crippen molar-refractivity contribution in [1.82, 2.24) is 9.46 Å². The second-order valence-electron chi connectivity index (χ2n) is 3.04. The van der Waals surface area contributed by atoms with Crippen LogP contribution in [-0.4, -0.2) is 17.4 Å². The zero-order valence-electron chi connectivity index (χ0n) is 7.61. The van der Waals surface area contributed by atoms with Crippen LogP contribution in [0.2, 0.25) is 0 Å². The van der Waals surface area contributed by atoms with Crippen molar-refractivity contribution in [3.05, 3.63) is 40.4 Å². The van der Waals surface area contributed by atoms with E-state index >= 15 is 0 Å².